The van der Waals surface area contributed by atoms with Gasteiger partial charge in [-0.1, -0.05) is 6.07 Å². The van der Waals surface area contributed by atoms with Crippen molar-refractivity contribution in [3.63, 3.8) is 0 Å². The van der Waals surface area contributed by atoms with E-state index in [-0.39, 0.29) is 5.91 Å². The Morgan fingerprint density at radius 2 is 2.24 bits per heavy atom. The number of halogens is 2. The Hall–Kier alpha value is -1.13. The van der Waals surface area contributed by atoms with Crippen molar-refractivity contribution in [3.8, 4) is 0 Å². The Kier molecular flexibility index (Phi) is 6.58. The van der Waals surface area contributed by atoms with E-state index in [2.05, 4.69) is 5.32 Å². The van der Waals surface area contributed by atoms with Gasteiger partial charge in [0.1, 0.15) is 5.82 Å². The van der Waals surface area contributed by atoms with Gasteiger partial charge in [-0.3, -0.25) is 4.79 Å². The zero-order valence-electron chi connectivity index (χ0n) is 9.42. The first-order valence-electron chi connectivity index (χ1n) is 5.41. The van der Waals surface area contributed by atoms with Crippen LogP contribution >= 0.6 is 11.6 Å². The van der Waals surface area contributed by atoms with Gasteiger partial charge in [-0.25, -0.2) is 4.39 Å². The van der Waals surface area contributed by atoms with Gasteiger partial charge in [0, 0.05) is 24.6 Å². The molecule has 0 aliphatic carbocycles. The summed E-state index contributed by atoms with van der Waals surface area (Å²) in [4.78, 5) is 11.5. The summed E-state index contributed by atoms with van der Waals surface area (Å²) in [5.74, 6) is -0.222. The van der Waals surface area contributed by atoms with Crippen molar-refractivity contribution in [2.45, 2.75) is 6.42 Å². The van der Waals surface area contributed by atoms with E-state index in [1.54, 1.807) is 6.07 Å². The second kappa shape index (κ2) is 8.03. The number of nitrogens with one attached hydrogen (secondary N) is 1. The van der Waals surface area contributed by atoms with Crippen LogP contribution in [0.1, 0.15) is 16.8 Å². The summed E-state index contributed by atoms with van der Waals surface area (Å²) in [6, 6.07) is 5.59. The Morgan fingerprint density at radius 1 is 1.41 bits per heavy atom. The molecule has 0 atom stereocenters. The van der Waals surface area contributed by atoms with Crippen LogP contribution in [0.4, 0.5) is 4.39 Å². The minimum Gasteiger partial charge on any atom is -0.380 e. The minimum atomic E-state index is -0.414. The summed E-state index contributed by atoms with van der Waals surface area (Å²) in [7, 11) is 0. The predicted molar refractivity (Wildman–Crippen MR) is 64.9 cm³/mol. The molecule has 0 saturated carbocycles. The molecule has 0 aromatic heterocycles. The normalized spacial score (nSPS) is 10.2. The smallest absolute Gasteiger partial charge is 0.251 e. The van der Waals surface area contributed by atoms with Gasteiger partial charge in [0.2, 0.25) is 0 Å². The van der Waals surface area contributed by atoms with Crippen LogP contribution in [0.2, 0.25) is 0 Å². The second-order valence-corrected chi connectivity index (χ2v) is 3.80. The Labute approximate surface area is 105 Å². The van der Waals surface area contributed by atoms with Crippen LogP contribution in [0.25, 0.3) is 0 Å². The predicted octanol–water partition coefficient (Wildman–Crippen LogP) is 2.20. The Balaban J connectivity index is 2.21. The largest absolute Gasteiger partial charge is 0.380 e. The van der Waals surface area contributed by atoms with Crippen LogP contribution in [-0.2, 0) is 4.74 Å². The first-order chi connectivity index (χ1) is 8.24. The molecule has 0 fully saturated rings. The van der Waals surface area contributed by atoms with Gasteiger partial charge in [0.25, 0.3) is 5.91 Å². The standard InChI is InChI=1S/C12H15ClFNO2/c13-5-8-17-7-2-6-15-12(16)10-3-1-4-11(14)9-10/h1,3-4,9H,2,5-8H2,(H,15,16). The highest BCUT2D eigenvalue weighted by Gasteiger charge is 2.04. The lowest BCUT2D eigenvalue weighted by Gasteiger charge is -2.05. The van der Waals surface area contributed by atoms with Crippen LogP contribution in [0.15, 0.2) is 24.3 Å². The van der Waals surface area contributed by atoms with Crippen molar-refractivity contribution in [2.24, 2.45) is 0 Å². The number of benzene rings is 1. The molecule has 5 heteroatoms. The highest BCUT2D eigenvalue weighted by atomic mass is 35.5. The molecule has 1 amide bonds. The molecule has 0 bridgehead atoms. The lowest BCUT2D eigenvalue weighted by Crippen LogP contribution is -2.25. The maximum absolute atomic E-state index is 12.8. The molecule has 0 aliphatic rings. The van der Waals surface area contributed by atoms with Gasteiger partial charge in [0.05, 0.1) is 6.61 Å². The van der Waals surface area contributed by atoms with Gasteiger partial charge >= 0.3 is 0 Å². The fraction of sp³-hybridized carbons (Fsp3) is 0.417. The van der Waals surface area contributed by atoms with Crippen LogP contribution < -0.4 is 5.32 Å². The molecular formula is C12H15ClFNO2. The monoisotopic (exact) mass is 259 g/mol. The van der Waals surface area contributed by atoms with Crippen molar-refractivity contribution in [1.82, 2.24) is 5.32 Å². The molecule has 3 nitrogen and oxygen atoms in total. The first kappa shape index (κ1) is 13.9. The number of hydrogen-bond acceptors (Lipinski definition) is 2. The SMILES string of the molecule is O=C(NCCCOCCCl)c1cccc(F)c1. The molecule has 1 aromatic carbocycles. The Morgan fingerprint density at radius 3 is 2.94 bits per heavy atom. The van der Waals surface area contributed by atoms with Gasteiger partial charge in [0.15, 0.2) is 0 Å². The maximum Gasteiger partial charge on any atom is 0.251 e. The van der Waals surface area contributed by atoms with E-state index in [1.165, 1.54) is 18.2 Å². The third-order valence-electron chi connectivity index (χ3n) is 2.06. The van der Waals surface area contributed by atoms with E-state index in [0.717, 1.165) is 0 Å². The van der Waals surface area contributed by atoms with Crippen molar-refractivity contribution in [2.75, 3.05) is 25.6 Å². The molecule has 94 valence electrons. The van der Waals surface area contributed by atoms with Gasteiger partial charge < -0.3 is 10.1 Å². The topological polar surface area (TPSA) is 38.3 Å². The number of hydrogen-bond donors (Lipinski definition) is 1. The number of carbonyl (C=O) groups excluding carboxylic acids is 1. The highest BCUT2D eigenvalue weighted by Crippen LogP contribution is 2.02. The fourth-order valence-corrected chi connectivity index (χ4v) is 1.37. The van der Waals surface area contributed by atoms with E-state index in [0.29, 0.717) is 37.6 Å². The van der Waals surface area contributed by atoms with E-state index < -0.39 is 5.82 Å². The van der Waals surface area contributed by atoms with Crippen molar-refractivity contribution in [3.05, 3.63) is 35.6 Å². The van der Waals surface area contributed by atoms with Crippen LogP contribution in [-0.4, -0.2) is 31.5 Å². The van der Waals surface area contributed by atoms with Crippen molar-refractivity contribution in [1.29, 1.82) is 0 Å². The molecule has 0 spiro atoms. The number of amides is 1. The molecule has 1 rings (SSSR count). The number of carbonyl (C=O) groups is 1. The van der Waals surface area contributed by atoms with Crippen LogP contribution in [0.5, 0.6) is 0 Å². The van der Waals surface area contributed by atoms with E-state index in [4.69, 9.17) is 16.3 Å². The average Bonchev–Trinajstić information content (AvgIpc) is 2.33. The lowest BCUT2D eigenvalue weighted by molar-refractivity contribution is 0.0944. The molecule has 1 aromatic rings. The molecule has 1 N–H and O–H groups in total. The zero-order valence-corrected chi connectivity index (χ0v) is 10.2. The van der Waals surface area contributed by atoms with E-state index in [9.17, 15) is 9.18 Å². The van der Waals surface area contributed by atoms with E-state index in [1.807, 2.05) is 0 Å². The molecule has 0 unspecified atom stereocenters. The summed E-state index contributed by atoms with van der Waals surface area (Å²) in [5.41, 5.74) is 0.326. The summed E-state index contributed by atoms with van der Waals surface area (Å²) in [5, 5.41) is 2.68. The van der Waals surface area contributed by atoms with Gasteiger partial charge in [-0.05, 0) is 24.6 Å². The van der Waals surface area contributed by atoms with Gasteiger partial charge in [-0.15, -0.1) is 11.6 Å². The molecular weight excluding hydrogens is 245 g/mol. The summed E-state index contributed by atoms with van der Waals surface area (Å²) in [6.45, 7) is 1.56. The van der Waals surface area contributed by atoms with Crippen LogP contribution in [0.3, 0.4) is 0 Å². The number of ether oxygens (including phenoxy) is 1. The summed E-state index contributed by atoms with van der Waals surface area (Å²) in [6.07, 6.45) is 0.706. The first-order valence-corrected chi connectivity index (χ1v) is 5.95. The number of alkyl halides is 1. The van der Waals surface area contributed by atoms with E-state index >= 15 is 0 Å². The van der Waals surface area contributed by atoms with Gasteiger partial charge in [-0.2, -0.15) is 0 Å². The summed E-state index contributed by atoms with van der Waals surface area (Å²) < 4.78 is 18.0. The molecule has 17 heavy (non-hydrogen) atoms. The minimum absolute atomic E-state index is 0.276. The maximum atomic E-state index is 12.8. The Bertz CT molecular complexity index is 360. The van der Waals surface area contributed by atoms with Crippen molar-refractivity contribution < 1.29 is 13.9 Å². The van der Waals surface area contributed by atoms with Crippen molar-refractivity contribution >= 4 is 17.5 Å². The third kappa shape index (κ3) is 5.65. The molecule has 0 aliphatic heterocycles. The quantitative estimate of drug-likeness (QED) is 0.602. The highest BCUT2D eigenvalue weighted by molar-refractivity contribution is 6.17. The third-order valence-corrected chi connectivity index (χ3v) is 2.21. The zero-order chi connectivity index (χ0) is 12.5. The molecule has 0 saturated heterocycles. The molecule has 0 radical (unpaired) electrons. The average molecular weight is 260 g/mol. The molecule has 0 heterocycles. The lowest BCUT2D eigenvalue weighted by atomic mass is 10.2. The van der Waals surface area contributed by atoms with Crippen LogP contribution in [0, 0.1) is 5.82 Å². The summed E-state index contributed by atoms with van der Waals surface area (Å²) >= 11 is 5.43. The fourth-order valence-electron chi connectivity index (χ4n) is 1.26. The second-order valence-electron chi connectivity index (χ2n) is 3.42. The number of rotatable bonds is 7.